The van der Waals surface area contributed by atoms with Crippen LogP contribution in [0.25, 0.3) is 0 Å². The van der Waals surface area contributed by atoms with Crippen LogP contribution in [0.4, 0.5) is 0 Å². The average molecular weight is 261 g/mol. The number of likely N-dealkylation sites (tertiary alicyclic amines) is 1. The summed E-state index contributed by atoms with van der Waals surface area (Å²) < 4.78 is 5.52. The number of ether oxygens (including phenoxy) is 1. The second-order valence-electron chi connectivity index (χ2n) is 5.40. The standard InChI is InChI=1S/C16H23NO2/c1-12-10-13(2)16(19-3)14(11-12)4-7-17-8-5-15(18)6-9-17/h10-11H,4-9H2,1-3H3. The van der Waals surface area contributed by atoms with Crippen molar-refractivity contribution in [3.63, 3.8) is 0 Å². The Balaban J connectivity index is 2.01. The highest BCUT2D eigenvalue weighted by Gasteiger charge is 2.16. The fourth-order valence-corrected chi connectivity index (χ4v) is 2.82. The number of methoxy groups -OCH3 is 1. The SMILES string of the molecule is COc1c(C)cc(C)cc1CCN1CCC(=O)CC1. The predicted molar refractivity (Wildman–Crippen MR) is 76.9 cm³/mol. The number of carbonyl (C=O) groups is 1. The molecule has 1 heterocycles. The average Bonchev–Trinajstić information content (AvgIpc) is 2.37. The van der Waals surface area contributed by atoms with Gasteiger partial charge < -0.3 is 9.64 Å². The van der Waals surface area contributed by atoms with Crippen LogP contribution in [-0.4, -0.2) is 37.4 Å². The molecule has 2 rings (SSSR count). The lowest BCUT2D eigenvalue weighted by Gasteiger charge is -2.26. The summed E-state index contributed by atoms with van der Waals surface area (Å²) in [5, 5.41) is 0. The minimum absolute atomic E-state index is 0.403. The first-order valence-electron chi connectivity index (χ1n) is 6.98. The number of carbonyl (C=O) groups excluding carboxylic acids is 1. The molecule has 1 saturated heterocycles. The Morgan fingerprint density at radius 3 is 2.53 bits per heavy atom. The van der Waals surface area contributed by atoms with E-state index in [4.69, 9.17) is 4.74 Å². The molecule has 0 bridgehead atoms. The van der Waals surface area contributed by atoms with Crippen molar-refractivity contribution in [1.29, 1.82) is 0 Å². The third-order valence-corrected chi connectivity index (χ3v) is 3.81. The first-order chi connectivity index (χ1) is 9.10. The van der Waals surface area contributed by atoms with Crippen LogP contribution in [0.1, 0.15) is 29.5 Å². The molecule has 1 fully saturated rings. The van der Waals surface area contributed by atoms with Crippen LogP contribution in [0.5, 0.6) is 5.75 Å². The third kappa shape index (κ3) is 3.57. The molecule has 0 aromatic heterocycles. The van der Waals surface area contributed by atoms with Crippen LogP contribution < -0.4 is 4.74 Å². The zero-order valence-corrected chi connectivity index (χ0v) is 12.2. The van der Waals surface area contributed by atoms with Gasteiger partial charge in [-0.1, -0.05) is 17.7 Å². The molecular weight excluding hydrogens is 238 g/mol. The highest BCUT2D eigenvalue weighted by Crippen LogP contribution is 2.25. The van der Waals surface area contributed by atoms with Crippen LogP contribution in [0.3, 0.4) is 0 Å². The molecule has 104 valence electrons. The van der Waals surface area contributed by atoms with Gasteiger partial charge in [-0.15, -0.1) is 0 Å². The summed E-state index contributed by atoms with van der Waals surface area (Å²) in [4.78, 5) is 13.6. The van der Waals surface area contributed by atoms with Crippen molar-refractivity contribution in [3.05, 3.63) is 28.8 Å². The van der Waals surface area contributed by atoms with E-state index in [0.717, 1.165) is 31.8 Å². The predicted octanol–water partition coefficient (Wildman–Crippen LogP) is 2.52. The van der Waals surface area contributed by atoms with Crippen LogP contribution in [0, 0.1) is 13.8 Å². The lowest BCUT2D eigenvalue weighted by Crippen LogP contribution is -2.35. The van der Waals surface area contributed by atoms with Gasteiger partial charge in [-0.3, -0.25) is 4.79 Å². The van der Waals surface area contributed by atoms with E-state index in [1.165, 1.54) is 16.7 Å². The Bertz CT molecular complexity index is 458. The molecular formula is C16H23NO2. The van der Waals surface area contributed by atoms with Crippen molar-refractivity contribution >= 4 is 5.78 Å². The van der Waals surface area contributed by atoms with Gasteiger partial charge in [0, 0.05) is 32.5 Å². The highest BCUT2D eigenvalue weighted by atomic mass is 16.5. The van der Waals surface area contributed by atoms with E-state index in [-0.39, 0.29) is 0 Å². The minimum atomic E-state index is 0.403. The van der Waals surface area contributed by atoms with Gasteiger partial charge in [0.1, 0.15) is 11.5 Å². The Morgan fingerprint density at radius 2 is 1.89 bits per heavy atom. The van der Waals surface area contributed by atoms with Gasteiger partial charge in [-0.25, -0.2) is 0 Å². The van der Waals surface area contributed by atoms with Crippen molar-refractivity contribution in [2.45, 2.75) is 33.1 Å². The molecule has 3 heteroatoms. The summed E-state index contributed by atoms with van der Waals surface area (Å²) in [5.41, 5.74) is 3.75. The number of nitrogens with zero attached hydrogens (tertiary/aromatic N) is 1. The summed E-state index contributed by atoms with van der Waals surface area (Å²) in [6.07, 6.45) is 2.41. The second kappa shape index (κ2) is 6.20. The summed E-state index contributed by atoms with van der Waals surface area (Å²) in [6.45, 7) is 7.04. The normalized spacial score (nSPS) is 16.7. The molecule has 0 aliphatic carbocycles. The molecule has 0 unspecified atom stereocenters. The largest absolute Gasteiger partial charge is 0.496 e. The number of rotatable bonds is 4. The summed E-state index contributed by atoms with van der Waals surface area (Å²) in [6, 6.07) is 4.36. The highest BCUT2D eigenvalue weighted by molar-refractivity contribution is 5.79. The van der Waals surface area contributed by atoms with Gasteiger partial charge in [0.15, 0.2) is 0 Å². The van der Waals surface area contributed by atoms with Crippen LogP contribution >= 0.6 is 0 Å². The molecule has 0 saturated carbocycles. The third-order valence-electron chi connectivity index (χ3n) is 3.81. The summed E-state index contributed by atoms with van der Waals surface area (Å²) >= 11 is 0. The molecule has 0 spiro atoms. The fourth-order valence-electron chi connectivity index (χ4n) is 2.82. The number of Topliss-reactive ketones (excluding diaryl/α,β-unsaturated/α-hetero) is 1. The Morgan fingerprint density at radius 1 is 1.21 bits per heavy atom. The molecule has 19 heavy (non-hydrogen) atoms. The van der Waals surface area contributed by atoms with Crippen LogP contribution in [0.2, 0.25) is 0 Å². The van der Waals surface area contributed by atoms with Gasteiger partial charge in [0.25, 0.3) is 0 Å². The number of benzene rings is 1. The van der Waals surface area contributed by atoms with Gasteiger partial charge in [0.2, 0.25) is 0 Å². The summed E-state index contributed by atoms with van der Waals surface area (Å²) in [7, 11) is 1.74. The molecule has 0 radical (unpaired) electrons. The number of hydrogen-bond donors (Lipinski definition) is 0. The topological polar surface area (TPSA) is 29.5 Å². The molecule has 1 aliphatic heterocycles. The van der Waals surface area contributed by atoms with E-state index in [1.54, 1.807) is 7.11 Å². The van der Waals surface area contributed by atoms with Gasteiger partial charge in [0.05, 0.1) is 7.11 Å². The van der Waals surface area contributed by atoms with E-state index in [0.29, 0.717) is 18.6 Å². The quantitative estimate of drug-likeness (QED) is 0.834. The van der Waals surface area contributed by atoms with E-state index in [9.17, 15) is 4.79 Å². The van der Waals surface area contributed by atoms with Crippen molar-refractivity contribution in [1.82, 2.24) is 4.90 Å². The number of ketones is 1. The molecule has 1 aliphatic rings. The van der Waals surface area contributed by atoms with Crippen molar-refractivity contribution < 1.29 is 9.53 Å². The van der Waals surface area contributed by atoms with Crippen LogP contribution in [-0.2, 0) is 11.2 Å². The van der Waals surface area contributed by atoms with E-state index in [2.05, 4.69) is 30.9 Å². The molecule has 0 atom stereocenters. The van der Waals surface area contributed by atoms with Crippen molar-refractivity contribution in [2.75, 3.05) is 26.7 Å². The van der Waals surface area contributed by atoms with Crippen LogP contribution in [0.15, 0.2) is 12.1 Å². The molecule has 0 amide bonds. The maximum atomic E-state index is 11.2. The molecule has 3 nitrogen and oxygen atoms in total. The zero-order chi connectivity index (χ0) is 13.8. The van der Waals surface area contributed by atoms with E-state index < -0.39 is 0 Å². The molecule has 0 N–H and O–H groups in total. The monoisotopic (exact) mass is 261 g/mol. The summed E-state index contributed by atoms with van der Waals surface area (Å²) in [5.74, 6) is 1.42. The number of aryl methyl sites for hydroxylation is 2. The van der Waals surface area contributed by atoms with Crippen molar-refractivity contribution in [2.24, 2.45) is 0 Å². The smallest absolute Gasteiger partial charge is 0.135 e. The number of piperidine rings is 1. The lowest BCUT2D eigenvalue weighted by molar-refractivity contribution is -0.121. The first kappa shape index (κ1) is 14.1. The minimum Gasteiger partial charge on any atom is -0.496 e. The van der Waals surface area contributed by atoms with Crippen molar-refractivity contribution in [3.8, 4) is 5.75 Å². The Labute approximate surface area is 115 Å². The maximum Gasteiger partial charge on any atom is 0.135 e. The Hall–Kier alpha value is -1.35. The molecule has 1 aromatic rings. The van der Waals surface area contributed by atoms with Gasteiger partial charge in [-0.05, 0) is 31.4 Å². The van der Waals surface area contributed by atoms with E-state index >= 15 is 0 Å². The fraction of sp³-hybridized carbons (Fsp3) is 0.562. The number of hydrogen-bond acceptors (Lipinski definition) is 3. The first-order valence-corrected chi connectivity index (χ1v) is 6.98. The van der Waals surface area contributed by atoms with Gasteiger partial charge >= 0.3 is 0 Å². The maximum absolute atomic E-state index is 11.2. The zero-order valence-electron chi connectivity index (χ0n) is 12.2. The van der Waals surface area contributed by atoms with E-state index in [1.807, 2.05) is 0 Å². The molecule has 1 aromatic carbocycles. The van der Waals surface area contributed by atoms with Gasteiger partial charge in [-0.2, -0.15) is 0 Å². The Kier molecular flexibility index (Phi) is 4.59. The lowest BCUT2D eigenvalue weighted by atomic mass is 10.0. The second-order valence-corrected chi connectivity index (χ2v) is 5.40.